The lowest BCUT2D eigenvalue weighted by Crippen LogP contribution is -2.02. The van der Waals surface area contributed by atoms with Gasteiger partial charge in [-0.05, 0) is 26.7 Å². The van der Waals surface area contributed by atoms with E-state index in [0.717, 1.165) is 36.3 Å². The molecule has 0 spiro atoms. The first kappa shape index (κ1) is 12.1. The Balaban J connectivity index is 2.59. The van der Waals surface area contributed by atoms with Gasteiger partial charge in [0.05, 0.1) is 17.6 Å². The maximum absolute atomic E-state index is 8.41. The van der Waals surface area contributed by atoms with Gasteiger partial charge in [0.2, 0.25) is 0 Å². The van der Waals surface area contributed by atoms with Crippen LogP contribution in [0.25, 0.3) is 0 Å². The number of unbranched alkanes of at least 4 members (excludes halogenated alkanes) is 2. The zero-order valence-corrected chi connectivity index (χ0v) is 10.0. The van der Waals surface area contributed by atoms with E-state index < -0.39 is 0 Å². The summed E-state index contributed by atoms with van der Waals surface area (Å²) < 4.78 is 1.99. The van der Waals surface area contributed by atoms with Gasteiger partial charge in [-0.2, -0.15) is 10.4 Å². The normalized spacial score (nSPS) is 10.3. The average molecular weight is 226 g/mol. The molecule has 1 aromatic heterocycles. The molecule has 0 aliphatic rings. The minimum absolute atomic E-state index is 0.524. The molecule has 15 heavy (non-hydrogen) atoms. The monoisotopic (exact) mass is 225 g/mol. The molecule has 0 amide bonds. The Kier molecular flexibility index (Phi) is 4.64. The smallest absolute Gasteiger partial charge is 0.0640 e. The van der Waals surface area contributed by atoms with E-state index in [9.17, 15) is 0 Å². The first-order valence-corrected chi connectivity index (χ1v) is 5.70. The molecule has 1 heterocycles. The molecule has 3 nitrogen and oxygen atoms in total. The van der Waals surface area contributed by atoms with Crippen molar-refractivity contribution in [2.75, 3.05) is 0 Å². The van der Waals surface area contributed by atoms with Gasteiger partial charge < -0.3 is 0 Å². The average Bonchev–Trinajstić information content (AvgIpc) is 2.49. The lowest BCUT2D eigenvalue weighted by molar-refractivity contribution is 0.547. The zero-order chi connectivity index (χ0) is 11.3. The van der Waals surface area contributed by atoms with E-state index in [1.165, 1.54) is 0 Å². The largest absolute Gasteiger partial charge is 0.269 e. The quantitative estimate of drug-likeness (QED) is 0.571. The Labute approximate surface area is 95.7 Å². The fourth-order valence-corrected chi connectivity index (χ4v) is 2.00. The van der Waals surface area contributed by atoms with Crippen molar-refractivity contribution >= 4 is 11.6 Å². The molecule has 0 aliphatic heterocycles. The van der Waals surface area contributed by atoms with E-state index in [2.05, 4.69) is 11.2 Å². The van der Waals surface area contributed by atoms with Crippen LogP contribution in [0, 0.1) is 25.2 Å². The van der Waals surface area contributed by atoms with Crippen LogP contribution in [0.3, 0.4) is 0 Å². The van der Waals surface area contributed by atoms with Gasteiger partial charge in [-0.15, -0.1) is 11.6 Å². The van der Waals surface area contributed by atoms with E-state index in [1.54, 1.807) is 0 Å². The van der Waals surface area contributed by atoms with Crippen LogP contribution < -0.4 is 0 Å². The van der Waals surface area contributed by atoms with Gasteiger partial charge in [0, 0.05) is 24.2 Å². The molecule has 0 radical (unpaired) electrons. The Hall–Kier alpha value is -1.01. The molecule has 1 rings (SSSR count). The number of alkyl halides is 1. The number of nitrogens with zero attached hydrogens (tertiary/aromatic N) is 3. The summed E-state index contributed by atoms with van der Waals surface area (Å²) in [6.45, 7) is 4.91. The number of hydrogen-bond acceptors (Lipinski definition) is 2. The van der Waals surface area contributed by atoms with E-state index in [-0.39, 0.29) is 0 Å². The van der Waals surface area contributed by atoms with Crippen molar-refractivity contribution in [3.8, 4) is 6.07 Å². The van der Waals surface area contributed by atoms with Gasteiger partial charge in [0.15, 0.2) is 0 Å². The van der Waals surface area contributed by atoms with Crippen LogP contribution in [-0.4, -0.2) is 9.78 Å². The first-order valence-electron chi connectivity index (χ1n) is 5.16. The van der Waals surface area contributed by atoms with Gasteiger partial charge >= 0.3 is 0 Å². The fourth-order valence-electron chi connectivity index (χ4n) is 1.61. The number of hydrogen-bond donors (Lipinski definition) is 0. The topological polar surface area (TPSA) is 41.6 Å². The van der Waals surface area contributed by atoms with Gasteiger partial charge in [0.1, 0.15) is 0 Å². The lowest BCUT2D eigenvalue weighted by atomic mass is 10.2. The predicted molar refractivity (Wildman–Crippen MR) is 60.7 cm³/mol. The molecule has 0 aromatic carbocycles. The van der Waals surface area contributed by atoms with Crippen molar-refractivity contribution in [2.45, 2.75) is 45.5 Å². The molecule has 0 N–H and O–H groups in total. The van der Waals surface area contributed by atoms with Crippen molar-refractivity contribution in [1.29, 1.82) is 5.26 Å². The first-order chi connectivity index (χ1) is 7.20. The fraction of sp³-hybridized carbons (Fsp3) is 0.636. The van der Waals surface area contributed by atoms with Gasteiger partial charge in [-0.25, -0.2) is 0 Å². The molecular formula is C11H16ClN3. The van der Waals surface area contributed by atoms with Crippen LogP contribution in [0.5, 0.6) is 0 Å². The van der Waals surface area contributed by atoms with Crippen LogP contribution in [0.2, 0.25) is 0 Å². The Morgan fingerprint density at radius 2 is 2.13 bits per heavy atom. The van der Waals surface area contributed by atoms with Crippen molar-refractivity contribution in [3.63, 3.8) is 0 Å². The number of aromatic nitrogens is 2. The molecule has 82 valence electrons. The number of halogens is 1. The number of nitriles is 1. The van der Waals surface area contributed by atoms with Crippen LogP contribution >= 0.6 is 11.6 Å². The highest BCUT2D eigenvalue weighted by atomic mass is 35.5. The molecule has 0 bridgehead atoms. The third-order valence-corrected chi connectivity index (χ3v) is 2.84. The highest BCUT2D eigenvalue weighted by Crippen LogP contribution is 2.15. The van der Waals surface area contributed by atoms with Crippen LogP contribution in [-0.2, 0) is 12.4 Å². The van der Waals surface area contributed by atoms with E-state index >= 15 is 0 Å². The van der Waals surface area contributed by atoms with Gasteiger partial charge in [0.25, 0.3) is 0 Å². The van der Waals surface area contributed by atoms with Crippen LogP contribution in [0.1, 0.15) is 36.2 Å². The summed E-state index contributed by atoms with van der Waals surface area (Å²) in [5.74, 6) is 0.524. The predicted octanol–water partition coefficient (Wildman–Crippen LogP) is 2.93. The summed E-state index contributed by atoms with van der Waals surface area (Å²) in [4.78, 5) is 0. The summed E-state index contributed by atoms with van der Waals surface area (Å²) in [6.07, 6.45) is 2.56. The number of aryl methyl sites for hydroxylation is 2. The molecule has 0 saturated carbocycles. The second kappa shape index (κ2) is 5.77. The number of rotatable bonds is 5. The lowest BCUT2D eigenvalue weighted by Gasteiger charge is -2.03. The van der Waals surface area contributed by atoms with Crippen LogP contribution in [0.4, 0.5) is 0 Å². The summed E-state index contributed by atoms with van der Waals surface area (Å²) in [7, 11) is 0. The highest BCUT2D eigenvalue weighted by molar-refractivity contribution is 6.17. The second-order valence-corrected chi connectivity index (χ2v) is 3.89. The van der Waals surface area contributed by atoms with Crippen molar-refractivity contribution < 1.29 is 0 Å². The third kappa shape index (κ3) is 2.97. The van der Waals surface area contributed by atoms with E-state index in [4.69, 9.17) is 16.9 Å². The summed E-state index contributed by atoms with van der Waals surface area (Å²) >= 11 is 5.84. The van der Waals surface area contributed by atoms with E-state index in [1.807, 2.05) is 18.5 Å². The summed E-state index contributed by atoms with van der Waals surface area (Å²) in [5.41, 5.74) is 3.30. The zero-order valence-electron chi connectivity index (χ0n) is 9.26. The molecule has 1 aromatic rings. The SMILES string of the molecule is Cc1nn(CCCCC#N)c(C)c1CCl. The standard InChI is InChI=1S/C11H16ClN3/c1-9-11(8-12)10(2)15(14-9)7-5-3-4-6-13/h3-5,7-8H2,1-2H3. The Morgan fingerprint density at radius 3 is 2.67 bits per heavy atom. The molecule has 4 heteroatoms. The Bertz CT molecular complexity index is 363. The van der Waals surface area contributed by atoms with Gasteiger partial charge in [-0.1, -0.05) is 0 Å². The Morgan fingerprint density at radius 1 is 1.40 bits per heavy atom. The summed E-state index contributed by atoms with van der Waals surface area (Å²) in [5, 5.41) is 12.8. The maximum Gasteiger partial charge on any atom is 0.0640 e. The highest BCUT2D eigenvalue weighted by Gasteiger charge is 2.09. The van der Waals surface area contributed by atoms with E-state index in [0.29, 0.717) is 12.3 Å². The van der Waals surface area contributed by atoms with Crippen molar-refractivity contribution in [3.05, 3.63) is 17.0 Å². The minimum atomic E-state index is 0.524. The maximum atomic E-state index is 8.41. The molecule has 0 atom stereocenters. The minimum Gasteiger partial charge on any atom is -0.269 e. The van der Waals surface area contributed by atoms with Crippen molar-refractivity contribution in [2.24, 2.45) is 0 Å². The molecule has 0 fully saturated rings. The van der Waals surface area contributed by atoms with Crippen LogP contribution in [0.15, 0.2) is 0 Å². The molecule has 0 saturated heterocycles. The molecular weight excluding hydrogens is 210 g/mol. The molecule has 0 unspecified atom stereocenters. The molecule has 0 aliphatic carbocycles. The summed E-state index contributed by atoms with van der Waals surface area (Å²) in [6, 6.07) is 2.15. The van der Waals surface area contributed by atoms with Gasteiger partial charge in [-0.3, -0.25) is 4.68 Å². The third-order valence-electron chi connectivity index (χ3n) is 2.57. The van der Waals surface area contributed by atoms with Crippen molar-refractivity contribution in [1.82, 2.24) is 9.78 Å². The second-order valence-electron chi connectivity index (χ2n) is 3.62.